The van der Waals surface area contributed by atoms with Crippen LogP contribution in [0.4, 0.5) is 0 Å². The Hall–Kier alpha value is -4.02. The number of hydrogen-bond donors (Lipinski definition) is 1. The molecule has 5 atom stereocenters. The fourth-order valence-corrected chi connectivity index (χ4v) is 10.5. The van der Waals surface area contributed by atoms with Gasteiger partial charge < -0.3 is 29.7 Å². The quantitative estimate of drug-likeness (QED) is 0.0536. The van der Waals surface area contributed by atoms with Crippen LogP contribution in [0.15, 0.2) is 22.9 Å². The van der Waals surface area contributed by atoms with Gasteiger partial charge in [-0.05, 0) is 102 Å². The van der Waals surface area contributed by atoms with Gasteiger partial charge in [-0.1, -0.05) is 138 Å². The van der Waals surface area contributed by atoms with Gasteiger partial charge >= 0.3 is 35.0 Å². The fraction of sp³-hybridized carbons (Fsp3) is 0.582. The van der Waals surface area contributed by atoms with Gasteiger partial charge in [0.25, 0.3) is 0 Å². The molecule has 65 heavy (non-hydrogen) atoms. The van der Waals surface area contributed by atoms with Gasteiger partial charge in [0.1, 0.15) is 12.5 Å². The molecule has 1 N–H and O–H groups in total. The van der Waals surface area contributed by atoms with Crippen LogP contribution in [0, 0.1) is 50.4 Å². The second-order valence-corrected chi connectivity index (χ2v) is 19.7. The Labute approximate surface area is 404 Å². The van der Waals surface area contributed by atoms with Crippen molar-refractivity contribution >= 4 is 64.6 Å². The van der Waals surface area contributed by atoms with Crippen LogP contribution in [0.3, 0.4) is 0 Å². The summed E-state index contributed by atoms with van der Waals surface area (Å²) in [4.78, 5) is 56.9. The number of rotatable bonds is 20. The zero-order valence-electron chi connectivity index (χ0n) is 41.8. The molecule has 6 rings (SSSR count). The molecule has 3 aliphatic rings. The average molecular weight is 897 g/mol. The van der Waals surface area contributed by atoms with Crippen molar-refractivity contribution in [3.8, 4) is 0 Å². The van der Waals surface area contributed by atoms with Gasteiger partial charge in [-0.15, -0.1) is 32.8 Å². The van der Waals surface area contributed by atoms with Crippen molar-refractivity contribution in [2.75, 3.05) is 13.7 Å². The Balaban J connectivity index is 0.00000793. The molecular weight excluding hydrogens is 821 g/mol. The van der Waals surface area contributed by atoms with Crippen LogP contribution in [0.1, 0.15) is 176 Å². The SMILES string of the molecule is CCc1c2[n-]c(c1C)/C=c1\[n-]/c(c(C)c1CC)=C\C1=C(C)[C@H](CCC(=O)OC/C=C(\C)CCC[C@H](C)CCC[C@H](C)CCCC(C)C)C(N1)C1=c3[n-]/c(c(C)c3C(=O)[C@@H]1C(=O)OC)=C\2.[Mg+2]. The van der Waals surface area contributed by atoms with Crippen molar-refractivity contribution in [1.29, 1.82) is 0 Å². The van der Waals surface area contributed by atoms with Crippen LogP contribution in [0.5, 0.6) is 0 Å². The number of aromatic nitrogens is 3. The molecule has 8 bridgehead atoms. The molecule has 1 aliphatic carbocycles. The number of fused-ring (bicyclic) bond motifs is 8. The van der Waals surface area contributed by atoms with E-state index in [1.807, 2.05) is 19.1 Å². The second-order valence-electron chi connectivity index (χ2n) is 19.7. The summed E-state index contributed by atoms with van der Waals surface area (Å²) in [5, 5.41) is 6.65. The van der Waals surface area contributed by atoms with Gasteiger partial charge in [-0.2, -0.15) is 0 Å². The molecule has 3 aromatic heterocycles. The number of nitrogens with one attached hydrogen (secondary N) is 1. The number of ether oxygens (including phenoxy) is 2. The third kappa shape index (κ3) is 11.8. The molecular formula is C55H75MgN4O5-. The summed E-state index contributed by atoms with van der Waals surface area (Å²) < 4.78 is 11.1. The van der Waals surface area contributed by atoms with Gasteiger partial charge in [-0.3, -0.25) is 14.4 Å². The minimum absolute atomic E-state index is 0. The Bertz CT molecular complexity index is 2530. The zero-order chi connectivity index (χ0) is 46.4. The molecule has 10 heteroatoms. The summed E-state index contributed by atoms with van der Waals surface area (Å²) in [5.41, 5.74) is 11.0. The minimum Gasteiger partial charge on any atom is -0.657 e. The van der Waals surface area contributed by atoms with Gasteiger partial charge in [0, 0.05) is 23.6 Å². The number of carbonyl (C=O) groups excluding carboxylic acids is 3. The topological polar surface area (TPSA) is 124 Å². The smallest absolute Gasteiger partial charge is 0.657 e. The molecule has 348 valence electrons. The van der Waals surface area contributed by atoms with Crippen LogP contribution in [0.2, 0.25) is 0 Å². The molecule has 0 spiro atoms. The van der Waals surface area contributed by atoms with E-state index in [4.69, 9.17) is 24.4 Å². The van der Waals surface area contributed by atoms with Gasteiger partial charge in [0.15, 0.2) is 5.78 Å². The van der Waals surface area contributed by atoms with Gasteiger partial charge in [0.2, 0.25) is 0 Å². The molecule has 0 aromatic carbocycles. The number of carbonyl (C=O) groups is 3. The molecule has 0 saturated carbocycles. The maximum atomic E-state index is 14.4. The first-order valence-electron chi connectivity index (χ1n) is 24.4. The van der Waals surface area contributed by atoms with Crippen molar-refractivity contribution in [3.05, 3.63) is 89.1 Å². The summed E-state index contributed by atoms with van der Waals surface area (Å²) in [7, 11) is 1.32. The van der Waals surface area contributed by atoms with E-state index in [2.05, 4.69) is 86.7 Å². The Morgan fingerprint density at radius 2 is 1.40 bits per heavy atom. The molecule has 0 amide bonds. The fourth-order valence-electron chi connectivity index (χ4n) is 10.5. The van der Waals surface area contributed by atoms with E-state index in [0.29, 0.717) is 33.8 Å². The summed E-state index contributed by atoms with van der Waals surface area (Å²) in [5.74, 6) is -0.260. The Morgan fingerprint density at radius 3 is 2.05 bits per heavy atom. The minimum atomic E-state index is -1.15. The third-order valence-electron chi connectivity index (χ3n) is 14.6. The van der Waals surface area contributed by atoms with Crippen molar-refractivity contribution in [1.82, 2.24) is 20.3 Å². The van der Waals surface area contributed by atoms with E-state index in [1.165, 1.54) is 63.2 Å². The van der Waals surface area contributed by atoms with E-state index < -0.39 is 17.9 Å². The van der Waals surface area contributed by atoms with Gasteiger partial charge in [0.05, 0.1) is 13.2 Å². The standard InChI is InChI=1S/C55H76N4O5.Mg/c1-13-39-35(8)42-28-44-37(10)41(24-25-48(60)64-27-26-34(7)23-17-22-33(6)21-16-20-32(5)19-15-18-31(3)4)52(58-44)50-51(55(62)63-12)54(61)49-38(11)45(59-53(49)50)30-47-40(14-2)36(9)43(57-47)29-46(39)56-42;/h26,28-33,41,51-52,58H,13-25,27H2,1-12H3,(H-,56,57,61);/q-2;+2/p-1/b34-26+,42-28-;/t32-,33-,41+,51-,52?;/m1./s1. The van der Waals surface area contributed by atoms with Crippen molar-refractivity contribution in [3.63, 3.8) is 0 Å². The predicted molar refractivity (Wildman–Crippen MR) is 263 cm³/mol. The predicted octanol–water partition coefficient (Wildman–Crippen LogP) is 7.39. The average Bonchev–Trinajstić information content (AvgIpc) is 3.99. The van der Waals surface area contributed by atoms with Crippen LogP contribution in [-0.4, -0.2) is 60.5 Å². The number of methoxy groups -OCH3 is 1. The summed E-state index contributed by atoms with van der Waals surface area (Å²) >= 11 is 0. The van der Waals surface area contributed by atoms with Crippen molar-refractivity contribution in [2.24, 2.45) is 29.6 Å². The molecule has 0 radical (unpaired) electrons. The van der Waals surface area contributed by atoms with E-state index in [0.717, 1.165) is 93.5 Å². The molecule has 0 saturated heterocycles. The number of allylic oxidation sites excluding steroid dienone is 2. The largest absolute Gasteiger partial charge is 2.00 e. The van der Waals surface area contributed by atoms with E-state index >= 15 is 0 Å². The maximum absolute atomic E-state index is 14.4. The number of esters is 2. The zero-order valence-corrected chi connectivity index (χ0v) is 43.2. The molecule has 1 unspecified atom stereocenters. The molecule has 2 aliphatic heterocycles. The normalized spacial score (nSPS) is 20.4. The molecule has 9 nitrogen and oxygen atoms in total. The van der Waals surface area contributed by atoms with E-state index in [9.17, 15) is 14.4 Å². The van der Waals surface area contributed by atoms with E-state index in [1.54, 1.807) is 0 Å². The van der Waals surface area contributed by atoms with Crippen LogP contribution < -0.4 is 41.7 Å². The van der Waals surface area contributed by atoms with E-state index in [-0.39, 0.29) is 53.8 Å². The first-order valence-corrected chi connectivity index (χ1v) is 24.4. The maximum Gasteiger partial charge on any atom is 2.00 e. The van der Waals surface area contributed by atoms with Crippen LogP contribution in [-0.2, 0) is 31.9 Å². The second kappa shape index (κ2) is 23.1. The number of hydrogen-bond acceptors (Lipinski definition) is 6. The third-order valence-corrected chi connectivity index (χ3v) is 14.6. The Morgan fingerprint density at radius 1 is 0.769 bits per heavy atom. The first-order chi connectivity index (χ1) is 30.6. The summed E-state index contributed by atoms with van der Waals surface area (Å²) in [6.45, 7) is 24.2. The van der Waals surface area contributed by atoms with Crippen LogP contribution >= 0.6 is 0 Å². The van der Waals surface area contributed by atoms with Crippen molar-refractivity contribution < 1.29 is 23.9 Å². The Kier molecular flexibility index (Phi) is 18.5. The van der Waals surface area contributed by atoms with Crippen molar-refractivity contribution in [2.45, 2.75) is 166 Å². The summed E-state index contributed by atoms with van der Waals surface area (Å²) in [6, 6.07) is -0.505. The number of Topliss-reactive ketones (excluding diaryl/α,β-unsaturated/α-hetero) is 1. The molecule has 0 fully saturated rings. The molecule has 5 heterocycles. The monoisotopic (exact) mass is 896 g/mol. The molecule has 3 aromatic rings. The number of nitrogens with zero attached hydrogens (tertiary/aromatic N) is 3. The summed E-state index contributed by atoms with van der Waals surface area (Å²) in [6.07, 6.45) is 21.7. The first kappa shape index (κ1) is 52.0. The number of ketones is 1. The van der Waals surface area contributed by atoms with Gasteiger partial charge in [-0.25, -0.2) is 0 Å². The van der Waals surface area contributed by atoms with Crippen LogP contribution in [0.25, 0.3) is 23.8 Å².